The van der Waals surface area contributed by atoms with E-state index < -0.39 is 11.5 Å². The topological polar surface area (TPSA) is 87.2 Å². The Morgan fingerprint density at radius 3 is 2.70 bits per heavy atom. The molecule has 0 aliphatic carbocycles. The Balaban J connectivity index is 1.52. The van der Waals surface area contributed by atoms with Gasteiger partial charge >= 0.3 is 5.97 Å². The van der Waals surface area contributed by atoms with Crippen LogP contribution >= 0.6 is 11.6 Å². The van der Waals surface area contributed by atoms with Gasteiger partial charge in [0.15, 0.2) is 6.73 Å². The van der Waals surface area contributed by atoms with E-state index >= 15 is 0 Å². The van der Waals surface area contributed by atoms with Gasteiger partial charge in [-0.05, 0) is 36.4 Å². The maximum atomic E-state index is 12.3. The Labute approximate surface area is 157 Å². The molecular formula is C19H12ClN3O4. The molecule has 0 fully saturated rings. The summed E-state index contributed by atoms with van der Waals surface area (Å²) in [7, 11) is 0. The summed E-state index contributed by atoms with van der Waals surface area (Å²) in [5.41, 5.74) is 0.736. The SMILES string of the molecule is O=C(OCn1nnc2ccccc2c1=O)c1ccc(-c2ccccc2Cl)o1. The van der Waals surface area contributed by atoms with Crippen LogP contribution in [0, 0.1) is 0 Å². The van der Waals surface area contributed by atoms with E-state index in [0.717, 1.165) is 4.68 Å². The second kappa shape index (κ2) is 7.05. The van der Waals surface area contributed by atoms with Gasteiger partial charge in [-0.2, -0.15) is 4.68 Å². The molecule has 2 aromatic carbocycles. The van der Waals surface area contributed by atoms with Crippen molar-refractivity contribution in [3.8, 4) is 11.3 Å². The summed E-state index contributed by atoms with van der Waals surface area (Å²) < 4.78 is 11.6. The molecule has 0 aliphatic heterocycles. The van der Waals surface area contributed by atoms with Crippen LogP contribution in [0.2, 0.25) is 5.02 Å². The molecule has 0 N–H and O–H groups in total. The molecular weight excluding hydrogens is 370 g/mol. The Bertz CT molecular complexity index is 1200. The fourth-order valence-electron chi connectivity index (χ4n) is 2.55. The summed E-state index contributed by atoms with van der Waals surface area (Å²) in [6, 6.07) is 17.0. The predicted molar refractivity (Wildman–Crippen MR) is 98.4 cm³/mol. The molecule has 0 amide bonds. The number of fused-ring (bicyclic) bond motifs is 1. The lowest BCUT2D eigenvalue weighted by Gasteiger charge is -2.05. The average molecular weight is 382 g/mol. The van der Waals surface area contributed by atoms with Gasteiger partial charge in [-0.15, -0.1) is 5.10 Å². The van der Waals surface area contributed by atoms with Crippen molar-refractivity contribution in [3.05, 3.63) is 81.8 Å². The number of hydrogen-bond acceptors (Lipinski definition) is 6. The van der Waals surface area contributed by atoms with E-state index in [-0.39, 0.29) is 12.5 Å². The van der Waals surface area contributed by atoms with Crippen molar-refractivity contribution in [2.45, 2.75) is 6.73 Å². The minimum Gasteiger partial charge on any atom is -0.449 e. The van der Waals surface area contributed by atoms with Gasteiger partial charge in [0, 0.05) is 5.56 Å². The highest BCUT2D eigenvalue weighted by atomic mass is 35.5. The number of nitrogens with zero attached hydrogens (tertiary/aromatic N) is 3. The van der Waals surface area contributed by atoms with E-state index in [1.807, 2.05) is 6.07 Å². The van der Waals surface area contributed by atoms with E-state index in [9.17, 15) is 9.59 Å². The fourth-order valence-corrected chi connectivity index (χ4v) is 2.78. The van der Waals surface area contributed by atoms with Crippen LogP contribution in [-0.2, 0) is 11.5 Å². The number of rotatable bonds is 4. The largest absolute Gasteiger partial charge is 0.449 e. The smallest absolute Gasteiger partial charge is 0.376 e. The van der Waals surface area contributed by atoms with Crippen LogP contribution in [-0.4, -0.2) is 21.0 Å². The van der Waals surface area contributed by atoms with Crippen LogP contribution in [0.3, 0.4) is 0 Å². The zero-order valence-corrected chi connectivity index (χ0v) is 14.6. The Kier molecular flexibility index (Phi) is 4.43. The van der Waals surface area contributed by atoms with Crippen molar-refractivity contribution in [1.29, 1.82) is 0 Å². The molecule has 0 saturated carbocycles. The van der Waals surface area contributed by atoms with Crippen molar-refractivity contribution >= 4 is 28.5 Å². The molecule has 2 heterocycles. The van der Waals surface area contributed by atoms with E-state index in [2.05, 4.69) is 10.3 Å². The Morgan fingerprint density at radius 2 is 1.85 bits per heavy atom. The summed E-state index contributed by atoms with van der Waals surface area (Å²) in [5, 5.41) is 8.59. The van der Waals surface area contributed by atoms with Gasteiger partial charge in [0.1, 0.15) is 11.3 Å². The second-order valence-corrected chi connectivity index (χ2v) is 6.02. The van der Waals surface area contributed by atoms with E-state index in [4.69, 9.17) is 20.8 Å². The fraction of sp³-hybridized carbons (Fsp3) is 0.0526. The molecule has 134 valence electrons. The summed E-state index contributed by atoms with van der Waals surface area (Å²) in [6.45, 7) is -0.377. The summed E-state index contributed by atoms with van der Waals surface area (Å²) >= 11 is 6.12. The zero-order valence-electron chi connectivity index (χ0n) is 13.8. The van der Waals surface area contributed by atoms with E-state index in [1.165, 1.54) is 6.07 Å². The summed E-state index contributed by atoms with van der Waals surface area (Å²) in [4.78, 5) is 24.5. The van der Waals surface area contributed by atoms with Gasteiger partial charge in [-0.25, -0.2) is 4.79 Å². The molecule has 0 spiro atoms. The monoisotopic (exact) mass is 381 g/mol. The molecule has 0 unspecified atom stereocenters. The van der Waals surface area contributed by atoms with E-state index in [1.54, 1.807) is 48.5 Å². The standard InChI is InChI=1S/C19H12ClN3O4/c20-14-7-3-1-5-12(14)16-9-10-17(27-16)19(25)26-11-23-18(24)13-6-2-4-8-15(13)21-22-23/h1-10H,11H2. The van der Waals surface area contributed by atoms with Crippen LogP contribution < -0.4 is 5.56 Å². The molecule has 2 aromatic heterocycles. The number of carbonyl (C=O) groups is 1. The molecule has 4 rings (SSSR count). The van der Waals surface area contributed by atoms with E-state index in [0.29, 0.717) is 27.2 Å². The van der Waals surface area contributed by atoms with Gasteiger partial charge in [0.2, 0.25) is 5.76 Å². The number of esters is 1. The Hall–Kier alpha value is -3.45. The van der Waals surface area contributed by atoms with Crippen molar-refractivity contribution in [2.24, 2.45) is 0 Å². The van der Waals surface area contributed by atoms with Crippen LogP contribution in [0.15, 0.2) is 69.9 Å². The minimum atomic E-state index is -0.727. The normalized spacial score (nSPS) is 10.9. The molecule has 0 saturated heterocycles. The third-order valence-corrected chi connectivity index (χ3v) is 4.22. The molecule has 8 heteroatoms. The minimum absolute atomic E-state index is 0.00767. The van der Waals surface area contributed by atoms with Crippen LogP contribution in [0.5, 0.6) is 0 Å². The first-order valence-corrected chi connectivity index (χ1v) is 8.36. The molecule has 7 nitrogen and oxygen atoms in total. The maximum Gasteiger partial charge on any atom is 0.376 e. The number of carbonyl (C=O) groups excluding carboxylic acids is 1. The number of ether oxygens (including phenoxy) is 1. The van der Waals surface area contributed by atoms with Gasteiger partial charge in [0.25, 0.3) is 5.56 Å². The highest BCUT2D eigenvalue weighted by Gasteiger charge is 2.16. The first-order chi connectivity index (χ1) is 13.1. The van der Waals surface area contributed by atoms with Gasteiger partial charge in [0.05, 0.1) is 10.4 Å². The summed E-state index contributed by atoms with van der Waals surface area (Å²) in [5.74, 6) is -0.294. The second-order valence-electron chi connectivity index (χ2n) is 5.62. The van der Waals surface area contributed by atoms with Gasteiger partial charge in [-0.1, -0.05) is 41.1 Å². The van der Waals surface area contributed by atoms with Crippen molar-refractivity contribution in [3.63, 3.8) is 0 Å². The number of halogens is 1. The molecule has 4 aromatic rings. The van der Waals surface area contributed by atoms with Gasteiger partial charge in [-0.3, -0.25) is 4.79 Å². The highest BCUT2D eigenvalue weighted by molar-refractivity contribution is 6.33. The van der Waals surface area contributed by atoms with Crippen molar-refractivity contribution < 1.29 is 13.9 Å². The van der Waals surface area contributed by atoms with Crippen LogP contribution in [0.1, 0.15) is 10.6 Å². The lowest BCUT2D eigenvalue weighted by molar-refractivity contribution is 0.0301. The molecule has 0 aliphatic rings. The molecule has 0 atom stereocenters. The van der Waals surface area contributed by atoms with Gasteiger partial charge < -0.3 is 9.15 Å². The molecule has 27 heavy (non-hydrogen) atoms. The van der Waals surface area contributed by atoms with Crippen molar-refractivity contribution in [1.82, 2.24) is 15.0 Å². The zero-order chi connectivity index (χ0) is 18.8. The first-order valence-electron chi connectivity index (χ1n) is 7.98. The number of hydrogen-bond donors (Lipinski definition) is 0. The number of aromatic nitrogens is 3. The number of furan rings is 1. The van der Waals surface area contributed by atoms with Crippen LogP contribution in [0.25, 0.3) is 22.2 Å². The lowest BCUT2D eigenvalue weighted by Crippen LogP contribution is -2.26. The summed E-state index contributed by atoms with van der Waals surface area (Å²) in [6.07, 6.45) is 0. The van der Waals surface area contributed by atoms with Crippen LogP contribution in [0.4, 0.5) is 0 Å². The quantitative estimate of drug-likeness (QED) is 0.503. The van der Waals surface area contributed by atoms with Crippen molar-refractivity contribution in [2.75, 3.05) is 0 Å². The predicted octanol–water partition coefficient (Wildman–Crippen LogP) is 3.52. The Morgan fingerprint density at radius 1 is 1.07 bits per heavy atom. The first kappa shape index (κ1) is 17.0. The molecule has 0 bridgehead atoms. The highest BCUT2D eigenvalue weighted by Crippen LogP contribution is 2.29. The third-order valence-electron chi connectivity index (χ3n) is 3.89. The average Bonchev–Trinajstić information content (AvgIpc) is 3.18. The maximum absolute atomic E-state index is 12.3. The lowest BCUT2D eigenvalue weighted by atomic mass is 10.2. The molecule has 0 radical (unpaired) electrons. The third kappa shape index (κ3) is 3.32. The number of benzene rings is 2.